The highest BCUT2D eigenvalue weighted by molar-refractivity contribution is 5.95. The number of amides is 1. The highest BCUT2D eigenvalue weighted by Gasteiger charge is 2.32. The predicted octanol–water partition coefficient (Wildman–Crippen LogP) is 1.95. The lowest BCUT2D eigenvalue weighted by molar-refractivity contribution is -0.117. The average Bonchev–Trinajstić information content (AvgIpc) is 3.24. The molecule has 24 heavy (non-hydrogen) atoms. The van der Waals surface area contributed by atoms with Crippen molar-refractivity contribution in [1.82, 2.24) is 19.7 Å². The van der Waals surface area contributed by atoms with Crippen LogP contribution in [0.15, 0.2) is 36.7 Å². The summed E-state index contributed by atoms with van der Waals surface area (Å²) in [5, 5.41) is 4.45. The monoisotopic (exact) mass is 322 g/mol. The number of nitrogens with one attached hydrogen (secondary N) is 1. The van der Waals surface area contributed by atoms with Crippen molar-refractivity contribution in [2.75, 3.05) is 29.4 Å². The van der Waals surface area contributed by atoms with Crippen molar-refractivity contribution in [3.05, 3.63) is 36.7 Å². The number of rotatable bonds is 3. The van der Waals surface area contributed by atoms with Crippen LogP contribution in [0.3, 0.4) is 0 Å². The number of H-pyrrole nitrogens is 1. The van der Waals surface area contributed by atoms with Crippen LogP contribution in [0.25, 0.3) is 11.0 Å². The van der Waals surface area contributed by atoms with Gasteiger partial charge < -0.3 is 14.8 Å². The number of anilines is 2. The molecule has 2 saturated heterocycles. The van der Waals surface area contributed by atoms with E-state index in [0.29, 0.717) is 12.5 Å². The zero-order valence-corrected chi connectivity index (χ0v) is 13.2. The molecule has 0 radical (unpaired) electrons. The number of fused-ring (bicyclic) bond motifs is 1. The second-order valence-corrected chi connectivity index (χ2v) is 6.46. The van der Waals surface area contributed by atoms with Crippen LogP contribution in [-0.2, 0) is 4.79 Å². The third-order valence-corrected chi connectivity index (χ3v) is 4.89. The Balaban J connectivity index is 1.29. The fraction of sp³-hybridized carbons (Fsp3) is 0.353. The van der Waals surface area contributed by atoms with Gasteiger partial charge in [-0.2, -0.15) is 5.10 Å². The molecule has 0 saturated carbocycles. The number of aromatic amines is 1. The average molecular weight is 322 g/mol. The number of imidazole rings is 1. The molecule has 1 aromatic carbocycles. The standard InChI is InChI=1S/C17H18N6O/c24-16-6-3-7-22(16)12-8-18-23(11-12)13-9-21(10-13)17-19-14-4-1-2-5-15(14)20-17/h1-2,4-5,8,11,13H,3,6-7,9-10H2,(H,19,20). The fourth-order valence-electron chi connectivity index (χ4n) is 3.47. The van der Waals surface area contributed by atoms with E-state index in [9.17, 15) is 4.79 Å². The number of benzene rings is 1. The molecule has 0 bridgehead atoms. The summed E-state index contributed by atoms with van der Waals surface area (Å²) in [4.78, 5) is 23.9. The van der Waals surface area contributed by atoms with Gasteiger partial charge >= 0.3 is 0 Å². The van der Waals surface area contributed by atoms with Crippen LogP contribution in [0.4, 0.5) is 11.6 Å². The molecule has 2 aromatic heterocycles. The molecule has 5 rings (SSSR count). The van der Waals surface area contributed by atoms with E-state index in [1.54, 1.807) is 6.20 Å². The Kier molecular flexibility index (Phi) is 2.88. The molecule has 122 valence electrons. The topological polar surface area (TPSA) is 70.1 Å². The van der Waals surface area contributed by atoms with Crippen molar-refractivity contribution in [2.24, 2.45) is 0 Å². The quantitative estimate of drug-likeness (QED) is 0.800. The van der Waals surface area contributed by atoms with E-state index < -0.39 is 0 Å². The van der Waals surface area contributed by atoms with Crippen molar-refractivity contribution in [3.8, 4) is 0 Å². The van der Waals surface area contributed by atoms with E-state index >= 15 is 0 Å². The van der Waals surface area contributed by atoms with Gasteiger partial charge in [0.05, 0.1) is 29.0 Å². The first-order chi connectivity index (χ1) is 11.8. The van der Waals surface area contributed by atoms with Gasteiger partial charge in [0, 0.05) is 32.3 Å². The molecule has 7 nitrogen and oxygen atoms in total. The molecule has 2 fully saturated rings. The first-order valence-corrected chi connectivity index (χ1v) is 8.32. The largest absolute Gasteiger partial charge is 0.338 e. The van der Waals surface area contributed by atoms with Crippen molar-refractivity contribution in [2.45, 2.75) is 18.9 Å². The molecule has 0 spiro atoms. The molecule has 3 aromatic rings. The highest BCUT2D eigenvalue weighted by Crippen LogP contribution is 2.29. The summed E-state index contributed by atoms with van der Waals surface area (Å²) in [5.41, 5.74) is 2.97. The molecule has 1 N–H and O–H groups in total. The summed E-state index contributed by atoms with van der Waals surface area (Å²) in [6.07, 6.45) is 5.37. The van der Waals surface area contributed by atoms with Crippen molar-refractivity contribution < 1.29 is 4.79 Å². The summed E-state index contributed by atoms with van der Waals surface area (Å²) >= 11 is 0. The number of hydrogen-bond donors (Lipinski definition) is 1. The summed E-state index contributed by atoms with van der Waals surface area (Å²) < 4.78 is 1.97. The zero-order valence-electron chi connectivity index (χ0n) is 13.2. The van der Waals surface area contributed by atoms with Gasteiger partial charge in [0.2, 0.25) is 11.9 Å². The lowest BCUT2D eigenvalue weighted by atomic mass is 10.1. The minimum absolute atomic E-state index is 0.201. The maximum Gasteiger partial charge on any atom is 0.227 e. The lowest BCUT2D eigenvalue weighted by Crippen LogP contribution is -2.48. The van der Waals surface area contributed by atoms with E-state index in [2.05, 4.69) is 20.0 Å². The van der Waals surface area contributed by atoms with Gasteiger partial charge in [0.1, 0.15) is 0 Å². The fourth-order valence-corrected chi connectivity index (χ4v) is 3.47. The van der Waals surface area contributed by atoms with Gasteiger partial charge in [-0.1, -0.05) is 12.1 Å². The third kappa shape index (κ3) is 2.08. The van der Waals surface area contributed by atoms with Crippen LogP contribution in [-0.4, -0.2) is 45.3 Å². The molecule has 0 atom stereocenters. The number of nitrogens with zero attached hydrogens (tertiary/aromatic N) is 5. The minimum atomic E-state index is 0.201. The highest BCUT2D eigenvalue weighted by atomic mass is 16.2. The zero-order chi connectivity index (χ0) is 16.1. The third-order valence-electron chi connectivity index (χ3n) is 4.89. The van der Waals surface area contributed by atoms with Crippen LogP contribution in [0.2, 0.25) is 0 Å². The van der Waals surface area contributed by atoms with Gasteiger partial charge in [-0.3, -0.25) is 9.48 Å². The predicted molar refractivity (Wildman–Crippen MR) is 91.2 cm³/mol. The Bertz CT molecular complexity index is 874. The van der Waals surface area contributed by atoms with E-state index in [4.69, 9.17) is 0 Å². The van der Waals surface area contributed by atoms with Crippen LogP contribution in [0, 0.1) is 0 Å². The Labute approximate surface area is 138 Å². The molecule has 4 heterocycles. The van der Waals surface area contributed by atoms with E-state index in [1.165, 1.54) is 0 Å². The van der Waals surface area contributed by atoms with Crippen molar-refractivity contribution >= 4 is 28.6 Å². The summed E-state index contributed by atoms with van der Waals surface area (Å²) in [6, 6.07) is 8.38. The smallest absolute Gasteiger partial charge is 0.227 e. The second-order valence-electron chi connectivity index (χ2n) is 6.46. The van der Waals surface area contributed by atoms with Crippen molar-refractivity contribution in [1.29, 1.82) is 0 Å². The number of carbonyl (C=O) groups is 1. The van der Waals surface area contributed by atoms with Gasteiger partial charge in [-0.15, -0.1) is 0 Å². The number of hydrogen-bond acceptors (Lipinski definition) is 4. The van der Waals surface area contributed by atoms with Gasteiger partial charge in [-0.25, -0.2) is 4.98 Å². The van der Waals surface area contributed by atoms with Crippen LogP contribution < -0.4 is 9.80 Å². The van der Waals surface area contributed by atoms with Gasteiger partial charge in [0.15, 0.2) is 0 Å². The number of aromatic nitrogens is 4. The maximum absolute atomic E-state index is 11.8. The summed E-state index contributed by atoms with van der Waals surface area (Å²) in [5.74, 6) is 1.11. The summed E-state index contributed by atoms with van der Waals surface area (Å²) in [7, 11) is 0. The molecular formula is C17H18N6O. The normalized spacial score (nSPS) is 18.6. The Hall–Kier alpha value is -2.83. The molecule has 2 aliphatic rings. The number of para-hydroxylation sites is 2. The van der Waals surface area contributed by atoms with Gasteiger partial charge in [-0.05, 0) is 18.6 Å². The minimum Gasteiger partial charge on any atom is -0.338 e. The van der Waals surface area contributed by atoms with Crippen LogP contribution in [0.5, 0.6) is 0 Å². The maximum atomic E-state index is 11.8. The lowest BCUT2D eigenvalue weighted by Gasteiger charge is -2.38. The van der Waals surface area contributed by atoms with E-state index in [0.717, 1.165) is 48.7 Å². The SMILES string of the molecule is O=C1CCCN1c1cnn(C2CN(c3nc4ccccc4[nH]3)C2)c1. The Morgan fingerprint density at radius 1 is 1.21 bits per heavy atom. The Morgan fingerprint density at radius 3 is 2.88 bits per heavy atom. The molecular weight excluding hydrogens is 304 g/mol. The summed E-state index contributed by atoms with van der Waals surface area (Å²) in [6.45, 7) is 2.55. The van der Waals surface area contributed by atoms with Crippen molar-refractivity contribution in [3.63, 3.8) is 0 Å². The first kappa shape index (κ1) is 13.6. The number of carbonyl (C=O) groups excluding carboxylic acids is 1. The van der Waals surface area contributed by atoms with Gasteiger partial charge in [0.25, 0.3) is 0 Å². The Morgan fingerprint density at radius 2 is 2.08 bits per heavy atom. The molecule has 0 aliphatic carbocycles. The van der Waals surface area contributed by atoms with E-state index in [-0.39, 0.29) is 5.91 Å². The molecule has 7 heteroatoms. The molecule has 2 aliphatic heterocycles. The first-order valence-electron chi connectivity index (χ1n) is 8.32. The molecule has 0 unspecified atom stereocenters. The van der Waals surface area contributed by atoms with Crippen LogP contribution in [0.1, 0.15) is 18.9 Å². The van der Waals surface area contributed by atoms with Crippen LogP contribution >= 0.6 is 0 Å². The molecule has 1 amide bonds. The second kappa shape index (κ2) is 5.09. The van der Waals surface area contributed by atoms with E-state index in [1.807, 2.05) is 40.0 Å².